The first kappa shape index (κ1) is 21.5. The molecule has 1 aromatic carbocycles. The highest BCUT2D eigenvalue weighted by Crippen LogP contribution is 2.20. The summed E-state index contributed by atoms with van der Waals surface area (Å²) in [5.74, 6) is -2.10. The summed E-state index contributed by atoms with van der Waals surface area (Å²) in [5, 5.41) is 0. The van der Waals surface area contributed by atoms with Crippen molar-refractivity contribution in [2.45, 2.75) is 18.9 Å². The molecular formula is C18H24ClF2N3O3. The fourth-order valence-electron chi connectivity index (χ4n) is 3.45. The van der Waals surface area contributed by atoms with Crippen LogP contribution >= 0.6 is 12.4 Å². The fraction of sp³-hybridized carbons (Fsp3) is 0.556. The fourth-order valence-corrected chi connectivity index (χ4v) is 3.45. The Hall–Kier alpha value is -1.77. The number of nitrogens with two attached hydrogens (primary N) is 1. The van der Waals surface area contributed by atoms with Crippen LogP contribution in [0, 0.1) is 17.6 Å². The third-order valence-corrected chi connectivity index (χ3v) is 5.10. The number of hydrogen-bond donors (Lipinski definition) is 1. The van der Waals surface area contributed by atoms with Crippen LogP contribution in [0.3, 0.4) is 0 Å². The molecule has 2 fully saturated rings. The summed E-state index contributed by atoms with van der Waals surface area (Å²) in [5.41, 5.74) is 5.97. The predicted octanol–water partition coefficient (Wildman–Crippen LogP) is 1.42. The van der Waals surface area contributed by atoms with Gasteiger partial charge < -0.3 is 20.3 Å². The van der Waals surface area contributed by atoms with Crippen molar-refractivity contribution >= 4 is 24.2 Å². The van der Waals surface area contributed by atoms with Crippen LogP contribution in [-0.4, -0.2) is 67.0 Å². The number of carbonyl (C=O) groups is 2. The lowest BCUT2D eigenvalue weighted by Crippen LogP contribution is -2.56. The summed E-state index contributed by atoms with van der Waals surface area (Å²) in [6.07, 6.45) is 1.55. The van der Waals surface area contributed by atoms with Crippen LogP contribution in [0.25, 0.3) is 0 Å². The highest BCUT2D eigenvalue weighted by Gasteiger charge is 2.32. The van der Waals surface area contributed by atoms with Gasteiger partial charge >= 0.3 is 0 Å². The number of benzene rings is 1. The molecule has 1 aromatic rings. The van der Waals surface area contributed by atoms with Crippen molar-refractivity contribution in [3.8, 4) is 0 Å². The van der Waals surface area contributed by atoms with E-state index in [-0.39, 0.29) is 29.8 Å². The molecule has 3 rings (SSSR count). The maximum atomic E-state index is 13.8. The number of nitrogens with zero attached hydrogens (tertiary/aromatic N) is 2. The second-order valence-electron chi connectivity index (χ2n) is 6.72. The first-order valence-corrected chi connectivity index (χ1v) is 8.84. The summed E-state index contributed by atoms with van der Waals surface area (Å²) in [6.45, 7) is 2.53. The van der Waals surface area contributed by atoms with Crippen molar-refractivity contribution in [1.82, 2.24) is 9.80 Å². The van der Waals surface area contributed by atoms with Crippen molar-refractivity contribution < 1.29 is 23.1 Å². The van der Waals surface area contributed by atoms with Gasteiger partial charge in [0.15, 0.2) is 0 Å². The van der Waals surface area contributed by atoms with Gasteiger partial charge in [-0.15, -0.1) is 12.4 Å². The minimum Gasteiger partial charge on any atom is -0.381 e. The quantitative estimate of drug-likeness (QED) is 0.828. The van der Waals surface area contributed by atoms with Crippen LogP contribution in [-0.2, 0) is 9.53 Å². The normalized spacial score (nSPS) is 19.4. The molecule has 2 saturated heterocycles. The Morgan fingerprint density at radius 1 is 1.07 bits per heavy atom. The number of hydrogen-bond acceptors (Lipinski definition) is 4. The van der Waals surface area contributed by atoms with Crippen LogP contribution in [0.1, 0.15) is 23.2 Å². The Kier molecular flexibility index (Phi) is 7.52. The molecule has 0 bridgehead atoms. The van der Waals surface area contributed by atoms with E-state index in [0.717, 1.165) is 25.0 Å². The summed E-state index contributed by atoms with van der Waals surface area (Å²) in [7, 11) is 0. The van der Waals surface area contributed by atoms with Gasteiger partial charge in [-0.05, 0) is 30.9 Å². The molecule has 2 amide bonds. The van der Waals surface area contributed by atoms with Crippen molar-refractivity contribution in [3.63, 3.8) is 0 Å². The third-order valence-electron chi connectivity index (χ3n) is 5.10. The van der Waals surface area contributed by atoms with Crippen molar-refractivity contribution in [1.29, 1.82) is 0 Å². The topological polar surface area (TPSA) is 75.9 Å². The number of piperazine rings is 1. The zero-order chi connectivity index (χ0) is 18.7. The molecule has 2 N–H and O–H groups in total. The predicted molar refractivity (Wildman–Crippen MR) is 97.6 cm³/mol. The molecule has 0 spiro atoms. The Bertz CT molecular complexity index is 678. The Balaban J connectivity index is 0.00000261. The van der Waals surface area contributed by atoms with Gasteiger partial charge in [-0.3, -0.25) is 9.59 Å². The van der Waals surface area contributed by atoms with E-state index in [2.05, 4.69) is 0 Å². The van der Waals surface area contributed by atoms with E-state index in [9.17, 15) is 18.4 Å². The molecule has 0 saturated carbocycles. The molecule has 0 radical (unpaired) electrons. The Morgan fingerprint density at radius 2 is 1.67 bits per heavy atom. The zero-order valence-electron chi connectivity index (χ0n) is 14.9. The largest absolute Gasteiger partial charge is 0.381 e. The lowest BCUT2D eigenvalue weighted by Gasteiger charge is -2.37. The van der Waals surface area contributed by atoms with Crippen molar-refractivity contribution in [3.05, 3.63) is 35.4 Å². The molecule has 2 heterocycles. The summed E-state index contributed by atoms with van der Waals surface area (Å²) >= 11 is 0. The number of rotatable bonds is 3. The Morgan fingerprint density at radius 3 is 2.26 bits per heavy atom. The maximum absolute atomic E-state index is 13.8. The molecule has 150 valence electrons. The third kappa shape index (κ3) is 4.94. The van der Waals surface area contributed by atoms with Gasteiger partial charge in [0.2, 0.25) is 5.91 Å². The molecule has 9 heteroatoms. The number of carbonyl (C=O) groups excluding carboxylic acids is 2. The standard InChI is InChI=1S/C18H23F2N3O3.ClH/c19-13-1-2-14(15(20)11-13)17(24)22-5-7-23(8-6-22)18(25)16(21)12-3-9-26-10-4-12;/h1-2,11-12,16H,3-10,21H2;1H. The highest BCUT2D eigenvalue weighted by atomic mass is 35.5. The average Bonchev–Trinajstić information content (AvgIpc) is 2.67. The SMILES string of the molecule is Cl.NC(C(=O)N1CCN(C(=O)c2ccc(F)cc2F)CC1)C1CCOCC1. The van der Waals surface area contributed by atoms with Crippen molar-refractivity contribution in [2.24, 2.45) is 11.7 Å². The van der Waals surface area contributed by atoms with Gasteiger partial charge in [-0.2, -0.15) is 0 Å². The van der Waals surface area contributed by atoms with E-state index in [4.69, 9.17) is 10.5 Å². The lowest BCUT2D eigenvalue weighted by atomic mass is 9.91. The van der Waals surface area contributed by atoms with Gasteiger partial charge in [-0.1, -0.05) is 0 Å². The van der Waals surface area contributed by atoms with Gasteiger partial charge in [0, 0.05) is 45.5 Å². The summed E-state index contributed by atoms with van der Waals surface area (Å²) in [6, 6.07) is 2.34. The van der Waals surface area contributed by atoms with E-state index in [1.165, 1.54) is 4.90 Å². The number of ether oxygens (including phenoxy) is 1. The van der Waals surface area contributed by atoms with E-state index in [1.807, 2.05) is 0 Å². The molecule has 0 aromatic heterocycles. The maximum Gasteiger partial charge on any atom is 0.256 e. The number of amides is 2. The summed E-state index contributed by atoms with van der Waals surface area (Å²) in [4.78, 5) is 28.1. The van der Waals surface area contributed by atoms with Crippen LogP contribution in [0.2, 0.25) is 0 Å². The minimum atomic E-state index is -0.880. The van der Waals surface area contributed by atoms with Crippen LogP contribution in [0.4, 0.5) is 8.78 Å². The molecule has 27 heavy (non-hydrogen) atoms. The van der Waals surface area contributed by atoms with Crippen LogP contribution in [0.5, 0.6) is 0 Å². The molecule has 1 unspecified atom stereocenters. The van der Waals surface area contributed by atoms with Crippen LogP contribution < -0.4 is 5.73 Å². The van der Waals surface area contributed by atoms with Crippen LogP contribution in [0.15, 0.2) is 18.2 Å². The first-order valence-electron chi connectivity index (χ1n) is 8.84. The molecule has 6 nitrogen and oxygen atoms in total. The average molecular weight is 404 g/mol. The van der Waals surface area contributed by atoms with Gasteiger partial charge in [-0.25, -0.2) is 8.78 Å². The smallest absolute Gasteiger partial charge is 0.256 e. The molecular weight excluding hydrogens is 380 g/mol. The monoisotopic (exact) mass is 403 g/mol. The molecule has 2 aliphatic heterocycles. The lowest BCUT2D eigenvalue weighted by molar-refractivity contribution is -0.136. The first-order chi connectivity index (χ1) is 12.5. The molecule has 0 aliphatic carbocycles. The van der Waals surface area contributed by atoms with E-state index in [1.54, 1.807) is 4.90 Å². The van der Waals surface area contributed by atoms with Gasteiger partial charge in [0.1, 0.15) is 11.6 Å². The zero-order valence-corrected chi connectivity index (χ0v) is 15.7. The Labute approximate surface area is 163 Å². The van der Waals surface area contributed by atoms with E-state index < -0.39 is 23.6 Å². The van der Waals surface area contributed by atoms with E-state index >= 15 is 0 Å². The second kappa shape index (κ2) is 9.43. The van der Waals surface area contributed by atoms with Gasteiger partial charge in [0.25, 0.3) is 5.91 Å². The van der Waals surface area contributed by atoms with Crippen molar-refractivity contribution in [2.75, 3.05) is 39.4 Å². The number of halogens is 3. The molecule has 1 atom stereocenters. The molecule has 2 aliphatic rings. The summed E-state index contributed by atoms with van der Waals surface area (Å²) < 4.78 is 32.1. The highest BCUT2D eigenvalue weighted by molar-refractivity contribution is 5.94. The van der Waals surface area contributed by atoms with E-state index in [0.29, 0.717) is 45.5 Å². The second-order valence-corrected chi connectivity index (χ2v) is 6.72. The van der Waals surface area contributed by atoms with Gasteiger partial charge in [0.05, 0.1) is 11.6 Å². The minimum absolute atomic E-state index is 0.